The highest BCUT2D eigenvalue weighted by Gasteiger charge is 2.51. The van der Waals surface area contributed by atoms with Crippen molar-refractivity contribution in [1.29, 1.82) is 0 Å². The predicted molar refractivity (Wildman–Crippen MR) is 227 cm³/mol. The Morgan fingerprint density at radius 3 is 1.52 bits per heavy atom. The van der Waals surface area contributed by atoms with Crippen LogP contribution >= 0.6 is 0 Å². The molecule has 0 fully saturated rings. The molecule has 9 aromatic rings. The van der Waals surface area contributed by atoms with E-state index in [0.29, 0.717) is 5.82 Å². The van der Waals surface area contributed by atoms with E-state index in [1.165, 1.54) is 22.3 Å². The van der Waals surface area contributed by atoms with Crippen LogP contribution in [0.15, 0.2) is 206 Å². The van der Waals surface area contributed by atoms with E-state index in [2.05, 4.69) is 170 Å². The van der Waals surface area contributed by atoms with Gasteiger partial charge in [-0.25, -0.2) is 9.97 Å². The molecule has 0 saturated carbocycles. The molecule has 1 spiro atoms. The number of hydrogen-bond acceptors (Lipinski definition) is 3. The molecule has 0 radical (unpaired) electrons. The van der Waals surface area contributed by atoms with Crippen molar-refractivity contribution in [3.63, 3.8) is 0 Å². The van der Waals surface area contributed by atoms with E-state index < -0.39 is 5.41 Å². The molecule has 0 N–H and O–H groups in total. The largest absolute Gasteiger partial charge is 0.456 e. The zero-order valence-electron chi connectivity index (χ0n) is 30.4. The summed E-state index contributed by atoms with van der Waals surface area (Å²) < 4.78 is 7.06. The van der Waals surface area contributed by atoms with E-state index in [0.717, 1.165) is 73.0 Å². The van der Waals surface area contributed by atoms with Crippen LogP contribution in [0.2, 0.25) is 0 Å². The van der Waals surface area contributed by atoms with Crippen LogP contribution in [0, 0.1) is 0 Å². The van der Waals surface area contributed by atoms with Gasteiger partial charge >= 0.3 is 0 Å². The average Bonchev–Trinajstić information content (AvgIpc) is 3.57. The Labute approximate surface area is 326 Å². The Morgan fingerprint density at radius 2 is 0.804 bits per heavy atom. The maximum atomic E-state index is 7.06. The van der Waals surface area contributed by atoms with Crippen LogP contribution in [0.5, 0.6) is 11.5 Å². The standard InChI is InChI=1S/C53H34N2O/c1-3-17-35(18-4-1)48-34-49(55-52(54-48)36-19-5-2-6-20-36)38-22-15-21-37(33-38)39-23-7-8-24-40(39)43-27-16-31-47-51(43)56-50-32-14-13-30-46(50)53(47)44-28-11-9-25-41(44)42-26-10-12-29-45(42)53/h1-34H. The minimum absolute atomic E-state index is 0.526. The number of rotatable bonds is 5. The van der Waals surface area contributed by atoms with Gasteiger partial charge in [0.1, 0.15) is 11.5 Å². The van der Waals surface area contributed by atoms with E-state index in [1.807, 2.05) is 36.4 Å². The topological polar surface area (TPSA) is 35.0 Å². The third-order valence-corrected chi connectivity index (χ3v) is 11.4. The first-order valence-corrected chi connectivity index (χ1v) is 19.1. The predicted octanol–water partition coefficient (Wildman–Crippen LogP) is 13.3. The minimum Gasteiger partial charge on any atom is -0.456 e. The smallest absolute Gasteiger partial charge is 0.160 e. The first-order chi connectivity index (χ1) is 27.8. The van der Waals surface area contributed by atoms with Gasteiger partial charge in [-0.1, -0.05) is 188 Å². The van der Waals surface area contributed by atoms with Gasteiger partial charge in [-0.2, -0.15) is 0 Å². The van der Waals surface area contributed by atoms with Crippen molar-refractivity contribution >= 4 is 0 Å². The van der Waals surface area contributed by atoms with Crippen LogP contribution in [-0.4, -0.2) is 9.97 Å². The van der Waals surface area contributed by atoms with E-state index in [4.69, 9.17) is 14.7 Å². The number of nitrogens with zero attached hydrogens (tertiary/aromatic N) is 2. The van der Waals surface area contributed by atoms with Gasteiger partial charge in [0.05, 0.1) is 16.8 Å². The molecule has 11 rings (SSSR count). The van der Waals surface area contributed by atoms with Crippen LogP contribution in [0.1, 0.15) is 22.3 Å². The SMILES string of the molecule is c1ccc(-c2cc(-c3cccc(-c4ccccc4-c4cccc5c4Oc4ccccc4C54c5ccccc5-c5ccccc54)c3)nc(-c3ccccc3)n2)cc1. The monoisotopic (exact) mass is 714 g/mol. The van der Waals surface area contributed by atoms with Crippen molar-refractivity contribution in [3.05, 3.63) is 229 Å². The summed E-state index contributed by atoms with van der Waals surface area (Å²) in [5.41, 5.74) is 16.1. The summed E-state index contributed by atoms with van der Waals surface area (Å²) in [5.74, 6) is 2.47. The Bertz CT molecular complexity index is 2850. The van der Waals surface area contributed by atoms with Gasteiger partial charge in [-0.15, -0.1) is 0 Å². The van der Waals surface area contributed by atoms with Gasteiger partial charge < -0.3 is 4.74 Å². The third kappa shape index (κ3) is 4.91. The molecular formula is C53H34N2O. The number of aromatic nitrogens is 2. The molecule has 1 aromatic heterocycles. The van der Waals surface area contributed by atoms with E-state index in [1.54, 1.807) is 0 Å². The number of fused-ring (bicyclic) bond motifs is 9. The van der Waals surface area contributed by atoms with Crippen LogP contribution in [0.4, 0.5) is 0 Å². The highest BCUT2D eigenvalue weighted by molar-refractivity contribution is 5.93. The lowest BCUT2D eigenvalue weighted by Crippen LogP contribution is -2.32. The van der Waals surface area contributed by atoms with Crippen molar-refractivity contribution in [2.24, 2.45) is 0 Å². The van der Waals surface area contributed by atoms with Gasteiger partial charge in [0.15, 0.2) is 5.82 Å². The fraction of sp³-hybridized carbons (Fsp3) is 0.0189. The normalized spacial score (nSPS) is 12.9. The van der Waals surface area contributed by atoms with Crippen molar-refractivity contribution < 1.29 is 4.74 Å². The summed E-state index contributed by atoms with van der Waals surface area (Å²) in [6.07, 6.45) is 0. The lowest BCUT2D eigenvalue weighted by Gasteiger charge is -2.40. The van der Waals surface area contributed by atoms with Crippen molar-refractivity contribution in [2.75, 3.05) is 0 Å². The first kappa shape index (κ1) is 32.1. The molecule has 1 aliphatic carbocycles. The van der Waals surface area contributed by atoms with Crippen molar-refractivity contribution in [2.45, 2.75) is 5.41 Å². The summed E-state index contributed by atoms with van der Waals surface area (Å²) >= 11 is 0. The number of benzene rings is 8. The molecule has 262 valence electrons. The van der Waals surface area contributed by atoms with Crippen molar-refractivity contribution in [3.8, 4) is 78.8 Å². The molecule has 1 aliphatic heterocycles. The zero-order valence-corrected chi connectivity index (χ0v) is 30.4. The van der Waals surface area contributed by atoms with Gasteiger partial charge in [0, 0.05) is 33.4 Å². The van der Waals surface area contributed by atoms with Crippen LogP contribution < -0.4 is 4.74 Å². The summed E-state index contributed by atoms with van der Waals surface area (Å²) in [6.45, 7) is 0. The van der Waals surface area contributed by atoms with Gasteiger partial charge in [0.25, 0.3) is 0 Å². The zero-order chi connectivity index (χ0) is 37.1. The summed E-state index contributed by atoms with van der Waals surface area (Å²) in [7, 11) is 0. The highest BCUT2D eigenvalue weighted by atomic mass is 16.5. The van der Waals surface area contributed by atoms with Crippen LogP contribution in [0.3, 0.4) is 0 Å². The molecule has 0 amide bonds. The molecule has 2 heterocycles. The Kier molecular flexibility index (Phi) is 7.39. The molecule has 8 aromatic carbocycles. The minimum atomic E-state index is -0.526. The Hall–Kier alpha value is -7.36. The van der Waals surface area contributed by atoms with Gasteiger partial charge in [-0.05, 0) is 57.1 Å². The second-order valence-corrected chi connectivity index (χ2v) is 14.4. The Balaban J connectivity index is 1.09. The van der Waals surface area contributed by atoms with E-state index in [9.17, 15) is 0 Å². The van der Waals surface area contributed by atoms with Gasteiger partial charge in [0.2, 0.25) is 0 Å². The van der Waals surface area contributed by atoms with Crippen molar-refractivity contribution in [1.82, 2.24) is 9.97 Å². The number of hydrogen-bond donors (Lipinski definition) is 0. The van der Waals surface area contributed by atoms with E-state index in [-0.39, 0.29) is 0 Å². The van der Waals surface area contributed by atoms with E-state index >= 15 is 0 Å². The fourth-order valence-electron chi connectivity index (χ4n) is 8.97. The molecule has 56 heavy (non-hydrogen) atoms. The maximum Gasteiger partial charge on any atom is 0.160 e. The summed E-state index contributed by atoms with van der Waals surface area (Å²) in [6, 6.07) is 73.0. The Morgan fingerprint density at radius 1 is 0.321 bits per heavy atom. The average molecular weight is 715 g/mol. The van der Waals surface area contributed by atoms with Crippen LogP contribution in [0.25, 0.3) is 67.3 Å². The molecular weight excluding hydrogens is 681 g/mol. The maximum absolute atomic E-state index is 7.06. The molecule has 0 bridgehead atoms. The molecule has 2 aliphatic rings. The fourth-order valence-corrected chi connectivity index (χ4v) is 8.97. The molecule has 0 unspecified atom stereocenters. The second kappa shape index (κ2) is 12.9. The second-order valence-electron chi connectivity index (χ2n) is 14.4. The molecule has 3 heteroatoms. The molecule has 0 atom stereocenters. The first-order valence-electron chi connectivity index (χ1n) is 19.1. The number of ether oxygens (including phenoxy) is 1. The quantitative estimate of drug-likeness (QED) is 0.178. The lowest BCUT2D eigenvalue weighted by molar-refractivity contribution is 0.438. The lowest BCUT2D eigenvalue weighted by atomic mass is 9.65. The summed E-state index contributed by atoms with van der Waals surface area (Å²) in [4.78, 5) is 10.2. The number of para-hydroxylation sites is 2. The summed E-state index contributed by atoms with van der Waals surface area (Å²) in [5, 5.41) is 0. The van der Waals surface area contributed by atoms with Crippen LogP contribution in [-0.2, 0) is 5.41 Å². The highest BCUT2D eigenvalue weighted by Crippen LogP contribution is 2.63. The van der Waals surface area contributed by atoms with Gasteiger partial charge in [-0.3, -0.25) is 0 Å². The third-order valence-electron chi connectivity index (χ3n) is 11.4. The molecule has 3 nitrogen and oxygen atoms in total. The molecule has 0 saturated heterocycles.